The quantitative estimate of drug-likeness (QED) is 0.721. The Hall–Kier alpha value is -0.870. The number of aryl methyl sites for hydroxylation is 2. The van der Waals surface area contributed by atoms with Crippen LogP contribution in [0, 0.1) is 13.8 Å². The summed E-state index contributed by atoms with van der Waals surface area (Å²) in [6.45, 7) is 3.75. The van der Waals surface area contributed by atoms with Crippen molar-refractivity contribution in [1.29, 1.82) is 0 Å². The Morgan fingerprint density at radius 1 is 1.31 bits per heavy atom. The summed E-state index contributed by atoms with van der Waals surface area (Å²) in [6.07, 6.45) is 0. The van der Waals surface area contributed by atoms with Crippen molar-refractivity contribution in [2.24, 2.45) is 0 Å². The van der Waals surface area contributed by atoms with E-state index in [0.717, 1.165) is 16.7 Å². The van der Waals surface area contributed by atoms with Crippen LogP contribution in [0.25, 0.3) is 0 Å². The molecule has 0 aliphatic rings. The molecule has 0 unspecified atom stereocenters. The Bertz CT molecular complexity index is 410. The van der Waals surface area contributed by atoms with Gasteiger partial charge in [0.15, 0.2) is 0 Å². The molecule has 3 nitrogen and oxygen atoms in total. The van der Waals surface area contributed by atoms with Crippen LogP contribution in [0.15, 0.2) is 18.2 Å². The summed E-state index contributed by atoms with van der Waals surface area (Å²) >= 11 is 0. The van der Waals surface area contributed by atoms with E-state index in [1.54, 1.807) is 6.07 Å². The highest BCUT2D eigenvalue weighted by molar-refractivity contribution is 7.88. The zero-order valence-electron chi connectivity index (χ0n) is 7.66. The molecule has 71 valence electrons. The Kier molecular flexibility index (Phi) is 2.73. The van der Waals surface area contributed by atoms with Crippen molar-refractivity contribution < 1.29 is 8.42 Å². The molecule has 0 fully saturated rings. The normalized spacial score (nSPS) is 11.6. The van der Waals surface area contributed by atoms with Gasteiger partial charge in [-0.2, -0.15) is 0 Å². The molecular formula is C9H12NO2S. The number of hydrogen-bond acceptors (Lipinski definition) is 2. The molecule has 13 heavy (non-hydrogen) atoms. The molecule has 0 atom stereocenters. The lowest BCUT2D eigenvalue weighted by molar-refractivity contribution is 0.595. The Balaban J connectivity index is 3.08. The monoisotopic (exact) mass is 198 g/mol. The van der Waals surface area contributed by atoms with Crippen molar-refractivity contribution in [3.63, 3.8) is 0 Å². The summed E-state index contributed by atoms with van der Waals surface area (Å²) in [5.74, 6) is -0.194. The molecule has 0 heterocycles. The van der Waals surface area contributed by atoms with E-state index in [2.05, 4.69) is 0 Å². The van der Waals surface area contributed by atoms with Crippen LogP contribution in [0.4, 0.5) is 0 Å². The van der Waals surface area contributed by atoms with Gasteiger partial charge >= 0.3 is 0 Å². The molecule has 0 aliphatic heterocycles. The van der Waals surface area contributed by atoms with Crippen molar-refractivity contribution in [2.75, 3.05) is 0 Å². The maximum atomic E-state index is 10.7. The first-order chi connectivity index (χ1) is 5.88. The smallest absolute Gasteiger partial charge is 0.211 e. The zero-order chi connectivity index (χ0) is 10.1. The van der Waals surface area contributed by atoms with Crippen LogP contribution in [0.2, 0.25) is 0 Å². The Labute approximate surface area is 78.6 Å². The minimum atomic E-state index is -3.67. The predicted molar refractivity (Wildman–Crippen MR) is 51.6 cm³/mol. The van der Waals surface area contributed by atoms with Crippen molar-refractivity contribution >= 4 is 10.0 Å². The molecule has 0 aliphatic carbocycles. The van der Waals surface area contributed by atoms with Crippen molar-refractivity contribution in [3.8, 4) is 0 Å². The molecule has 0 bridgehead atoms. The van der Waals surface area contributed by atoms with Crippen molar-refractivity contribution in [2.45, 2.75) is 19.6 Å². The average Bonchev–Trinajstić information content (AvgIpc) is 1.94. The minimum absolute atomic E-state index is 0.194. The van der Waals surface area contributed by atoms with Gasteiger partial charge < -0.3 is 0 Å². The third-order valence-corrected chi connectivity index (χ3v) is 2.54. The average molecular weight is 198 g/mol. The first kappa shape index (κ1) is 10.2. The maximum Gasteiger partial charge on any atom is 0.229 e. The van der Waals surface area contributed by atoms with Gasteiger partial charge in [0.25, 0.3) is 0 Å². The van der Waals surface area contributed by atoms with Crippen LogP contribution < -0.4 is 5.14 Å². The van der Waals surface area contributed by atoms with E-state index in [4.69, 9.17) is 5.14 Å². The van der Waals surface area contributed by atoms with Crippen LogP contribution in [0.1, 0.15) is 16.7 Å². The fourth-order valence-corrected chi connectivity index (χ4v) is 1.88. The molecule has 0 saturated heterocycles. The van der Waals surface area contributed by atoms with Gasteiger partial charge in [0.1, 0.15) is 0 Å². The highest BCUT2D eigenvalue weighted by Crippen LogP contribution is 2.12. The van der Waals surface area contributed by atoms with Gasteiger partial charge in [-0.1, -0.05) is 23.8 Å². The maximum absolute atomic E-state index is 10.7. The van der Waals surface area contributed by atoms with Gasteiger partial charge in [-0.3, -0.25) is 0 Å². The van der Waals surface area contributed by atoms with Crippen molar-refractivity contribution in [1.82, 2.24) is 5.14 Å². The Morgan fingerprint density at radius 3 is 2.46 bits per heavy atom. The summed E-state index contributed by atoms with van der Waals surface area (Å²) in [5.41, 5.74) is 2.65. The molecule has 0 aromatic heterocycles. The van der Waals surface area contributed by atoms with E-state index in [9.17, 15) is 8.42 Å². The van der Waals surface area contributed by atoms with Gasteiger partial charge in [-0.25, -0.2) is 8.42 Å². The summed E-state index contributed by atoms with van der Waals surface area (Å²) < 4.78 is 21.5. The van der Waals surface area contributed by atoms with E-state index >= 15 is 0 Å². The molecule has 0 saturated carbocycles. The van der Waals surface area contributed by atoms with Crippen LogP contribution in [-0.2, 0) is 15.8 Å². The van der Waals surface area contributed by atoms with Crippen LogP contribution in [0.3, 0.4) is 0 Å². The zero-order valence-corrected chi connectivity index (χ0v) is 8.48. The molecule has 1 aromatic carbocycles. The second-order valence-corrected chi connectivity index (χ2v) is 4.71. The number of benzene rings is 1. The van der Waals surface area contributed by atoms with Gasteiger partial charge in [0.05, 0.1) is 5.75 Å². The number of hydrogen-bond donors (Lipinski definition) is 0. The second-order valence-electron chi connectivity index (χ2n) is 3.19. The fraction of sp³-hybridized carbons (Fsp3) is 0.333. The lowest BCUT2D eigenvalue weighted by Crippen LogP contribution is -2.05. The summed E-state index contributed by atoms with van der Waals surface area (Å²) in [6, 6.07) is 5.60. The summed E-state index contributed by atoms with van der Waals surface area (Å²) in [7, 11) is -3.67. The lowest BCUT2D eigenvalue weighted by Gasteiger charge is -2.04. The topological polar surface area (TPSA) is 57.9 Å². The van der Waals surface area contributed by atoms with Crippen LogP contribution >= 0.6 is 0 Å². The summed E-state index contributed by atoms with van der Waals surface area (Å²) in [4.78, 5) is 0. The fourth-order valence-electron chi connectivity index (χ4n) is 1.16. The van der Waals surface area contributed by atoms with Crippen LogP contribution in [-0.4, -0.2) is 8.42 Å². The third-order valence-electron chi connectivity index (χ3n) is 1.85. The predicted octanol–water partition coefficient (Wildman–Crippen LogP) is 1.42. The van der Waals surface area contributed by atoms with E-state index in [1.165, 1.54) is 0 Å². The molecule has 1 radical (unpaired) electrons. The highest BCUT2D eigenvalue weighted by atomic mass is 32.2. The second kappa shape index (κ2) is 3.47. The van der Waals surface area contributed by atoms with Crippen LogP contribution in [0.5, 0.6) is 0 Å². The van der Waals surface area contributed by atoms with Gasteiger partial charge in [-0.15, -0.1) is 5.14 Å². The highest BCUT2D eigenvalue weighted by Gasteiger charge is 2.07. The molecule has 1 N–H and O–H groups in total. The molecular weight excluding hydrogens is 186 g/mol. The van der Waals surface area contributed by atoms with Gasteiger partial charge in [0.2, 0.25) is 10.0 Å². The Morgan fingerprint density at radius 2 is 1.92 bits per heavy atom. The van der Waals surface area contributed by atoms with E-state index < -0.39 is 10.0 Å². The number of nitrogens with one attached hydrogen (secondary N) is 1. The minimum Gasteiger partial charge on any atom is -0.211 e. The molecule has 4 heteroatoms. The molecule has 0 spiro atoms. The SMILES string of the molecule is Cc1ccc(C)c(CS([NH])(=O)=O)c1. The van der Waals surface area contributed by atoms with Gasteiger partial charge in [-0.05, 0) is 25.0 Å². The standard InChI is InChI=1S/C9H12NO2S/c1-7-3-4-8(2)9(5-7)6-13(10,11)12/h3-5,10H,6H2,1-2H3. The lowest BCUT2D eigenvalue weighted by atomic mass is 10.1. The third kappa shape index (κ3) is 3.16. The number of rotatable bonds is 2. The van der Waals surface area contributed by atoms with Gasteiger partial charge in [0, 0.05) is 0 Å². The molecule has 0 amide bonds. The van der Waals surface area contributed by atoms with E-state index in [-0.39, 0.29) is 5.75 Å². The van der Waals surface area contributed by atoms with E-state index in [0.29, 0.717) is 0 Å². The van der Waals surface area contributed by atoms with E-state index in [1.807, 2.05) is 26.0 Å². The first-order valence-electron chi connectivity index (χ1n) is 3.92. The summed E-state index contributed by atoms with van der Waals surface area (Å²) in [5, 5.41) is 6.81. The molecule has 1 aromatic rings. The molecule has 1 rings (SSSR count). The van der Waals surface area contributed by atoms with Crippen molar-refractivity contribution in [3.05, 3.63) is 34.9 Å². The first-order valence-corrected chi connectivity index (χ1v) is 5.57. The largest absolute Gasteiger partial charge is 0.229 e. The number of sulfonamides is 1.